The summed E-state index contributed by atoms with van der Waals surface area (Å²) in [6, 6.07) is 11.7. The van der Waals surface area contributed by atoms with Crippen molar-refractivity contribution in [2.75, 3.05) is 51.2 Å². The summed E-state index contributed by atoms with van der Waals surface area (Å²) in [6.07, 6.45) is 6.57. The number of benzene rings is 2. The van der Waals surface area contributed by atoms with Gasteiger partial charge in [0.25, 0.3) is 0 Å². The summed E-state index contributed by atoms with van der Waals surface area (Å²) < 4.78 is 18.3. The fourth-order valence-corrected chi connectivity index (χ4v) is 4.65. The average Bonchev–Trinajstić information content (AvgIpc) is 3.51. The van der Waals surface area contributed by atoms with Gasteiger partial charge in [0.05, 0.1) is 53.8 Å². The minimum absolute atomic E-state index is 0.652. The van der Waals surface area contributed by atoms with Crippen LogP contribution in [-0.4, -0.2) is 61.0 Å². The number of unbranched alkanes of at least 4 members (excludes halogenated alkanes) is 2. The van der Waals surface area contributed by atoms with Gasteiger partial charge in [0.1, 0.15) is 22.9 Å². The fraction of sp³-hybridized carbons (Fsp3) is 0.448. The summed E-state index contributed by atoms with van der Waals surface area (Å²) >= 11 is 0. The van der Waals surface area contributed by atoms with E-state index in [1.165, 1.54) is 0 Å². The Labute approximate surface area is 252 Å². The Hall–Kier alpha value is -4.88. The van der Waals surface area contributed by atoms with Gasteiger partial charge < -0.3 is 19.3 Å². The summed E-state index contributed by atoms with van der Waals surface area (Å²) in [5, 5.41) is 25.7. The topological polar surface area (TPSA) is 118 Å². The largest absolute Gasteiger partial charge is 0.495 e. The van der Waals surface area contributed by atoms with Crippen LogP contribution >= 0.6 is 0 Å². The number of hydrogen-bond donors (Lipinski definition) is 0. The first kappa shape index (κ1) is 31.1. The molecule has 0 spiro atoms. The molecule has 4 rings (SSSR count). The van der Waals surface area contributed by atoms with Gasteiger partial charge in [-0.3, -0.25) is 0 Å². The molecule has 0 unspecified atom stereocenters. The second-order valence-electron chi connectivity index (χ2n) is 10.3. The highest BCUT2D eigenvalue weighted by Gasteiger charge is 2.15. The summed E-state index contributed by atoms with van der Waals surface area (Å²) in [5.41, 5.74) is 3.46. The van der Waals surface area contributed by atoms with E-state index in [1.807, 2.05) is 73.7 Å². The zero-order valence-corrected chi connectivity index (χ0v) is 26.3. The first-order valence-corrected chi connectivity index (χ1v) is 14.1. The summed E-state index contributed by atoms with van der Waals surface area (Å²) in [6.45, 7) is 1.81. The number of rotatable bonds is 14. The predicted molar refractivity (Wildman–Crippen MR) is 163 cm³/mol. The van der Waals surface area contributed by atoms with E-state index >= 15 is 0 Å². The van der Waals surface area contributed by atoms with Crippen molar-refractivity contribution in [2.24, 2.45) is 48.6 Å². The van der Waals surface area contributed by atoms with Crippen molar-refractivity contribution in [2.45, 2.75) is 19.3 Å². The molecule has 0 atom stereocenters. The lowest BCUT2D eigenvalue weighted by atomic mass is 10.2. The van der Waals surface area contributed by atoms with Crippen LogP contribution in [0.1, 0.15) is 19.3 Å². The van der Waals surface area contributed by atoms with Gasteiger partial charge in [-0.15, -0.1) is 9.36 Å². The Morgan fingerprint density at radius 3 is 1.44 bits per heavy atom. The third-order valence-corrected chi connectivity index (χ3v) is 7.15. The maximum Gasteiger partial charge on any atom is 0.403 e. The molecule has 14 heteroatoms. The van der Waals surface area contributed by atoms with Crippen molar-refractivity contribution in [3.8, 4) is 11.5 Å². The molecule has 14 nitrogen and oxygen atoms in total. The maximum absolute atomic E-state index is 5.67. The first-order valence-electron chi connectivity index (χ1n) is 14.1. The van der Waals surface area contributed by atoms with Gasteiger partial charge in [-0.2, -0.15) is 0 Å². The number of aromatic nitrogens is 6. The molecule has 0 fully saturated rings. The lowest BCUT2D eigenvalue weighted by Gasteiger charge is -2.23. The molecule has 0 saturated carbocycles. The molecule has 228 valence electrons. The Bertz CT molecular complexity index is 1420. The van der Waals surface area contributed by atoms with Gasteiger partial charge in [0.15, 0.2) is 0 Å². The maximum atomic E-state index is 5.67. The average molecular weight is 591 g/mol. The van der Waals surface area contributed by atoms with E-state index in [9.17, 15) is 0 Å². The number of aryl methyl sites for hydroxylation is 4. The third kappa shape index (κ3) is 7.70. The lowest BCUT2D eigenvalue weighted by Crippen LogP contribution is -2.25. The van der Waals surface area contributed by atoms with Crippen LogP contribution < -0.4 is 28.4 Å². The molecule has 0 aliphatic heterocycles. The van der Waals surface area contributed by atoms with E-state index in [1.54, 1.807) is 36.2 Å². The lowest BCUT2D eigenvalue weighted by molar-refractivity contribution is -0.659. The molecular formula is C29H42N12O2+2. The van der Waals surface area contributed by atoms with E-state index in [4.69, 9.17) is 9.47 Å². The molecule has 2 aromatic carbocycles. The summed E-state index contributed by atoms with van der Waals surface area (Å²) in [7, 11) is 14.9. The van der Waals surface area contributed by atoms with Gasteiger partial charge in [-0.05, 0) is 53.7 Å². The SMILES string of the molecule is COc1cc(N=Nc2n(C)nc[n+]2C)ccc1N(C)CCCCCN(C)c1ccc(N=Nc2n(C)nc[n+]2C)cc1OC. The van der Waals surface area contributed by atoms with Crippen molar-refractivity contribution in [1.29, 1.82) is 0 Å². The number of hydrogen-bond acceptors (Lipinski definition) is 10. The smallest absolute Gasteiger partial charge is 0.403 e. The highest BCUT2D eigenvalue weighted by Crippen LogP contribution is 2.34. The van der Waals surface area contributed by atoms with Crippen molar-refractivity contribution in [3.63, 3.8) is 0 Å². The van der Waals surface area contributed by atoms with Crippen LogP contribution in [0.2, 0.25) is 0 Å². The molecule has 4 aromatic rings. The molecule has 0 N–H and O–H groups in total. The van der Waals surface area contributed by atoms with E-state index in [-0.39, 0.29) is 0 Å². The quantitative estimate of drug-likeness (QED) is 0.122. The second kappa shape index (κ2) is 14.3. The zero-order chi connectivity index (χ0) is 30.9. The van der Waals surface area contributed by atoms with E-state index in [0.717, 1.165) is 55.2 Å². The highest BCUT2D eigenvalue weighted by atomic mass is 16.5. The highest BCUT2D eigenvalue weighted by molar-refractivity contribution is 5.64. The number of methoxy groups -OCH3 is 2. The molecule has 0 aliphatic carbocycles. The van der Waals surface area contributed by atoms with Crippen molar-refractivity contribution in [3.05, 3.63) is 49.1 Å². The van der Waals surface area contributed by atoms with Crippen LogP contribution in [0.15, 0.2) is 69.5 Å². The minimum atomic E-state index is 0.652. The van der Waals surface area contributed by atoms with Crippen LogP contribution in [-0.2, 0) is 28.2 Å². The van der Waals surface area contributed by atoms with Gasteiger partial charge in [-0.1, -0.05) is 10.2 Å². The Kier molecular flexibility index (Phi) is 10.4. The van der Waals surface area contributed by atoms with Crippen LogP contribution in [0.5, 0.6) is 11.5 Å². The number of ether oxygens (including phenoxy) is 2. The van der Waals surface area contributed by atoms with Gasteiger partial charge in [0, 0.05) is 49.5 Å². The van der Waals surface area contributed by atoms with Gasteiger partial charge in [-0.25, -0.2) is 9.13 Å². The van der Waals surface area contributed by atoms with E-state index in [2.05, 4.69) is 54.5 Å². The number of azo groups is 2. The summed E-state index contributed by atoms with van der Waals surface area (Å²) in [5.74, 6) is 2.83. The molecular weight excluding hydrogens is 548 g/mol. The van der Waals surface area contributed by atoms with Gasteiger partial charge in [0.2, 0.25) is 12.7 Å². The normalized spacial score (nSPS) is 11.5. The van der Waals surface area contributed by atoms with Crippen LogP contribution in [0.25, 0.3) is 0 Å². The standard InChI is InChI=1S/C29H42N12O2/c1-36(24-14-12-22(18-26(24)42-7)32-34-28-38(3)20-30-40(28)5)16-10-9-11-17-37(2)25-15-13-23(19-27(25)43-8)33-35-29-39(4)21-31-41(29)6/h12-15,18-21H,9-11,16-17H2,1-8H3/q+2. The third-order valence-electron chi connectivity index (χ3n) is 7.15. The molecule has 2 heterocycles. The van der Waals surface area contributed by atoms with E-state index < -0.39 is 0 Å². The number of anilines is 2. The molecule has 0 aliphatic rings. The monoisotopic (exact) mass is 590 g/mol. The minimum Gasteiger partial charge on any atom is -0.495 e. The zero-order valence-electron chi connectivity index (χ0n) is 26.3. The summed E-state index contributed by atoms with van der Waals surface area (Å²) in [4.78, 5) is 4.43. The Balaban J connectivity index is 1.27. The predicted octanol–water partition coefficient (Wildman–Crippen LogP) is 4.39. The van der Waals surface area contributed by atoms with E-state index in [0.29, 0.717) is 23.3 Å². The second-order valence-corrected chi connectivity index (χ2v) is 10.3. The number of nitrogens with zero attached hydrogens (tertiary/aromatic N) is 12. The molecule has 0 bridgehead atoms. The van der Waals surface area contributed by atoms with Crippen molar-refractivity contribution >= 4 is 34.6 Å². The molecule has 0 saturated heterocycles. The van der Waals surface area contributed by atoms with Crippen molar-refractivity contribution in [1.82, 2.24) is 19.6 Å². The molecule has 2 aromatic heterocycles. The first-order chi connectivity index (χ1) is 20.7. The van der Waals surface area contributed by atoms with Crippen LogP contribution in [0.4, 0.5) is 34.6 Å². The molecule has 43 heavy (non-hydrogen) atoms. The Morgan fingerprint density at radius 2 is 1.09 bits per heavy atom. The molecule has 0 radical (unpaired) electrons. The van der Waals surface area contributed by atoms with Crippen molar-refractivity contribution < 1.29 is 18.6 Å². The van der Waals surface area contributed by atoms with Gasteiger partial charge >= 0.3 is 11.9 Å². The fourth-order valence-electron chi connectivity index (χ4n) is 4.65. The molecule has 0 amide bonds. The van der Waals surface area contributed by atoms with Crippen LogP contribution in [0.3, 0.4) is 0 Å². The Morgan fingerprint density at radius 1 is 0.674 bits per heavy atom. The van der Waals surface area contributed by atoms with Crippen LogP contribution in [0, 0.1) is 0 Å².